The summed E-state index contributed by atoms with van der Waals surface area (Å²) in [6, 6.07) is 4.81. The highest BCUT2D eigenvalue weighted by molar-refractivity contribution is 7.92. The molecule has 2 fully saturated rings. The van der Waals surface area contributed by atoms with Crippen molar-refractivity contribution in [3.05, 3.63) is 58.4 Å². The monoisotopic (exact) mass is 531 g/mol. The van der Waals surface area contributed by atoms with E-state index in [9.17, 15) is 36.6 Å². The Labute approximate surface area is 206 Å². The molecule has 6 nitrogen and oxygen atoms in total. The third kappa shape index (κ3) is 4.57. The summed E-state index contributed by atoms with van der Waals surface area (Å²) in [6.45, 7) is 3.00. The largest absolute Gasteiger partial charge is 0.387 e. The van der Waals surface area contributed by atoms with Gasteiger partial charge in [-0.05, 0) is 69.6 Å². The average Bonchev–Trinajstić information content (AvgIpc) is 3.04. The minimum atomic E-state index is -4.05. The Balaban J connectivity index is 1.63. The maximum Gasteiger partial charge on any atom is 0.255 e. The molecule has 0 saturated heterocycles. The van der Waals surface area contributed by atoms with Crippen molar-refractivity contribution in [1.29, 1.82) is 0 Å². The fraction of sp³-hybridized carbons (Fsp3) is 0.458. The number of amides is 1. The Bertz CT molecular complexity index is 1260. The lowest BCUT2D eigenvalue weighted by Crippen LogP contribution is -2.57. The van der Waals surface area contributed by atoms with Crippen molar-refractivity contribution < 1.29 is 36.6 Å². The molecule has 35 heavy (non-hydrogen) atoms. The zero-order valence-electron chi connectivity index (χ0n) is 19.0. The van der Waals surface area contributed by atoms with Crippen LogP contribution in [-0.2, 0) is 9.84 Å². The number of anilines is 1. The number of aliphatic hydroxyl groups is 2. The smallest absolute Gasteiger partial charge is 0.255 e. The van der Waals surface area contributed by atoms with Gasteiger partial charge in [-0.15, -0.1) is 0 Å². The van der Waals surface area contributed by atoms with Gasteiger partial charge in [-0.3, -0.25) is 4.79 Å². The van der Waals surface area contributed by atoms with E-state index in [0.717, 1.165) is 6.07 Å². The van der Waals surface area contributed by atoms with Crippen LogP contribution in [-0.4, -0.2) is 41.0 Å². The van der Waals surface area contributed by atoms with Gasteiger partial charge in [-0.1, -0.05) is 11.6 Å². The molecule has 2 aliphatic carbocycles. The van der Waals surface area contributed by atoms with Gasteiger partial charge in [0.15, 0.2) is 27.3 Å². The molecule has 2 aromatic carbocycles. The van der Waals surface area contributed by atoms with E-state index in [0.29, 0.717) is 25.0 Å². The number of benzene rings is 2. The Morgan fingerprint density at radius 3 is 2.14 bits per heavy atom. The lowest BCUT2D eigenvalue weighted by molar-refractivity contribution is -0.159. The van der Waals surface area contributed by atoms with E-state index in [-0.39, 0.29) is 34.0 Å². The van der Waals surface area contributed by atoms with Gasteiger partial charge in [0.05, 0.1) is 26.4 Å². The van der Waals surface area contributed by atoms with Crippen LogP contribution >= 0.6 is 11.6 Å². The number of hydrogen-bond donors (Lipinski definition) is 3. The maximum absolute atomic E-state index is 13.7. The third-order valence-electron chi connectivity index (χ3n) is 7.28. The standard InChI is InChI=1S/C24H25ClF3NO5S/c1-23(2,31)24(32)10-13-3-4-14(11-24)21(13)35(33,34)19-7-12(5-6-16(19)25)22(30)29-15-8-17(26)20(28)18(27)9-15/h5-9,13-14,21,31-32H,3-4,10-11H2,1-2H3,(H,29,30)/t13-,14?,21+,24+/m0/s1. The van der Waals surface area contributed by atoms with Gasteiger partial charge in [-0.2, -0.15) is 0 Å². The summed E-state index contributed by atoms with van der Waals surface area (Å²) < 4.78 is 67.5. The number of fused-ring (bicyclic) bond motifs is 2. The van der Waals surface area contributed by atoms with Crippen LogP contribution in [0.5, 0.6) is 0 Å². The van der Waals surface area contributed by atoms with Crippen molar-refractivity contribution >= 4 is 33.0 Å². The Kier molecular flexibility index (Phi) is 6.49. The molecular weight excluding hydrogens is 507 g/mol. The molecule has 0 aromatic heterocycles. The van der Waals surface area contributed by atoms with Crippen molar-refractivity contribution in [2.45, 2.75) is 60.9 Å². The summed E-state index contributed by atoms with van der Waals surface area (Å²) in [4.78, 5) is 12.4. The molecule has 0 heterocycles. The molecule has 3 N–H and O–H groups in total. The normalized spacial score (nSPS) is 26.6. The number of nitrogens with one attached hydrogen (secondary N) is 1. The average molecular weight is 532 g/mol. The summed E-state index contributed by atoms with van der Waals surface area (Å²) in [7, 11) is -4.05. The van der Waals surface area contributed by atoms with Gasteiger partial charge < -0.3 is 15.5 Å². The highest BCUT2D eigenvalue weighted by Gasteiger charge is 2.58. The van der Waals surface area contributed by atoms with Crippen LogP contribution in [0, 0.1) is 29.3 Å². The molecule has 0 aliphatic heterocycles. The SMILES string of the molecule is CC(C)(O)[C@]1(O)CC2CC[C@@H](C1)[C@H]2S(=O)(=O)c1cc(C(=O)Nc2cc(F)c(F)c(F)c2)ccc1Cl. The van der Waals surface area contributed by atoms with Crippen molar-refractivity contribution in [2.24, 2.45) is 11.8 Å². The quantitative estimate of drug-likeness (QED) is 0.494. The first-order valence-corrected chi connectivity index (χ1v) is 13.0. The molecule has 190 valence electrons. The van der Waals surface area contributed by atoms with E-state index in [1.54, 1.807) is 0 Å². The molecule has 4 atom stereocenters. The van der Waals surface area contributed by atoms with Gasteiger partial charge in [0, 0.05) is 23.4 Å². The molecule has 1 unspecified atom stereocenters. The molecule has 0 radical (unpaired) electrons. The lowest BCUT2D eigenvalue weighted by Gasteiger charge is -2.47. The van der Waals surface area contributed by atoms with Crippen molar-refractivity contribution in [2.75, 3.05) is 5.32 Å². The molecule has 4 rings (SSSR count). The van der Waals surface area contributed by atoms with Gasteiger partial charge in [0.2, 0.25) is 0 Å². The van der Waals surface area contributed by atoms with Crippen LogP contribution < -0.4 is 5.32 Å². The second kappa shape index (κ2) is 8.76. The first-order valence-electron chi connectivity index (χ1n) is 11.1. The van der Waals surface area contributed by atoms with Crippen LogP contribution in [0.2, 0.25) is 5.02 Å². The fourth-order valence-corrected chi connectivity index (χ4v) is 8.22. The first-order chi connectivity index (χ1) is 16.1. The summed E-state index contributed by atoms with van der Waals surface area (Å²) >= 11 is 6.23. The molecule has 2 aromatic rings. The third-order valence-corrected chi connectivity index (χ3v) is 10.2. The fourth-order valence-electron chi connectivity index (χ4n) is 5.38. The molecule has 2 bridgehead atoms. The predicted octanol–water partition coefficient (Wildman–Crippen LogP) is 4.47. The van der Waals surface area contributed by atoms with E-state index in [2.05, 4.69) is 5.32 Å². The Morgan fingerprint density at radius 1 is 1.09 bits per heavy atom. The summed E-state index contributed by atoms with van der Waals surface area (Å²) in [5.74, 6) is -6.34. The van der Waals surface area contributed by atoms with Gasteiger partial charge >= 0.3 is 0 Å². The zero-order valence-corrected chi connectivity index (χ0v) is 20.6. The highest BCUT2D eigenvalue weighted by atomic mass is 35.5. The number of carbonyl (C=O) groups excluding carboxylic acids is 1. The lowest BCUT2D eigenvalue weighted by atomic mass is 9.69. The predicted molar refractivity (Wildman–Crippen MR) is 123 cm³/mol. The van der Waals surface area contributed by atoms with Crippen LogP contribution in [0.25, 0.3) is 0 Å². The topological polar surface area (TPSA) is 104 Å². The van der Waals surface area contributed by atoms with E-state index in [1.165, 1.54) is 26.0 Å². The second-order valence-corrected chi connectivity index (χ2v) is 12.4. The number of hydrogen-bond acceptors (Lipinski definition) is 5. The summed E-state index contributed by atoms with van der Waals surface area (Å²) in [5.41, 5.74) is -3.30. The zero-order chi connectivity index (χ0) is 25.9. The molecular formula is C24H25ClF3NO5S. The Morgan fingerprint density at radius 2 is 1.63 bits per heavy atom. The second-order valence-electron chi connectivity index (χ2n) is 9.96. The number of halogens is 4. The van der Waals surface area contributed by atoms with Crippen LogP contribution in [0.15, 0.2) is 35.2 Å². The van der Waals surface area contributed by atoms with Crippen LogP contribution in [0.1, 0.15) is 49.9 Å². The molecule has 11 heteroatoms. The minimum absolute atomic E-state index is 0.0943. The van der Waals surface area contributed by atoms with Gasteiger partial charge in [-0.25, -0.2) is 21.6 Å². The van der Waals surface area contributed by atoms with Crippen LogP contribution in [0.4, 0.5) is 18.9 Å². The molecule has 1 amide bonds. The highest BCUT2D eigenvalue weighted by Crippen LogP contribution is 2.53. The summed E-state index contributed by atoms with van der Waals surface area (Å²) in [5, 5.41) is 22.7. The van der Waals surface area contributed by atoms with Gasteiger partial charge in [0.1, 0.15) is 0 Å². The number of sulfone groups is 1. The minimum Gasteiger partial charge on any atom is -0.387 e. The van der Waals surface area contributed by atoms with E-state index >= 15 is 0 Å². The summed E-state index contributed by atoms with van der Waals surface area (Å²) in [6.07, 6.45) is 1.34. The number of carbonyl (C=O) groups is 1. The Hall–Kier alpha value is -2.14. The van der Waals surface area contributed by atoms with E-state index in [1.807, 2.05) is 0 Å². The van der Waals surface area contributed by atoms with Crippen LogP contribution in [0.3, 0.4) is 0 Å². The van der Waals surface area contributed by atoms with Gasteiger partial charge in [0.25, 0.3) is 5.91 Å². The molecule has 2 aliphatic rings. The van der Waals surface area contributed by atoms with Crippen molar-refractivity contribution in [3.8, 4) is 0 Å². The van der Waals surface area contributed by atoms with E-state index in [4.69, 9.17) is 11.6 Å². The van der Waals surface area contributed by atoms with Crippen molar-refractivity contribution in [3.63, 3.8) is 0 Å². The molecule has 2 saturated carbocycles. The van der Waals surface area contributed by atoms with E-state index < -0.39 is 61.5 Å². The molecule has 0 spiro atoms. The number of rotatable bonds is 5. The maximum atomic E-state index is 13.7. The first kappa shape index (κ1) is 25.9. The van der Waals surface area contributed by atoms with Crippen molar-refractivity contribution in [1.82, 2.24) is 0 Å².